The predicted octanol–water partition coefficient (Wildman–Crippen LogP) is 1.31. The first-order valence-corrected chi connectivity index (χ1v) is 7.99. The first-order valence-electron chi connectivity index (χ1n) is 7.99. The molecule has 3 atom stereocenters. The van der Waals surface area contributed by atoms with E-state index in [0.29, 0.717) is 0 Å². The third kappa shape index (κ3) is 3.38. The number of amides is 1. The standard InChI is InChI=1S/C17H18N2O7/c1-18-13-5-4-11(8-16(20)24-2)26-15(13)9-25-14-6-3-10(19(22)23)7-12(14)17(18)21/h3-7,11,13,15H,8-9H2,1-2H3/t11-,13+,15+/m0/s1. The SMILES string of the molecule is COC(=O)C[C@@H]1C=C[C@@H]2[C@@H](COc3ccc([N+](=O)[O-])cc3C(=O)N2C)O1. The van der Waals surface area contributed by atoms with E-state index in [1.807, 2.05) is 0 Å². The highest BCUT2D eigenvalue weighted by Crippen LogP contribution is 2.30. The average Bonchev–Trinajstić information content (AvgIpc) is 2.64. The first kappa shape index (κ1) is 17.9. The highest BCUT2D eigenvalue weighted by molar-refractivity contribution is 5.98. The number of nitro groups is 1. The summed E-state index contributed by atoms with van der Waals surface area (Å²) in [5, 5.41) is 11.0. The van der Waals surface area contributed by atoms with Gasteiger partial charge >= 0.3 is 5.97 Å². The zero-order valence-corrected chi connectivity index (χ0v) is 14.3. The van der Waals surface area contributed by atoms with E-state index in [-0.39, 0.29) is 30.0 Å². The van der Waals surface area contributed by atoms with E-state index in [4.69, 9.17) is 9.47 Å². The van der Waals surface area contributed by atoms with Crippen LogP contribution in [0.25, 0.3) is 0 Å². The van der Waals surface area contributed by atoms with Crippen LogP contribution in [0.2, 0.25) is 0 Å². The van der Waals surface area contributed by atoms with E-state index in [9.17, 15) is 19.7 Å². The summed E-state index contributed by atoms with van der Waals surface area (Å²) in [7, 11) is 2.90. The number of esters is 1. The van der Waals surface area contributed by atoms with Gasteiger partial charge in [-0.3, -0.25) is 19.7 Å². The van der Waals surface area contributed by atoms with Crippen molar-refractivity contribution in [3.8, 4) is 5.75 Å². The molecule has 138 valence electrons. The predicted molar refractivity (Wildman–Crippen MR) is 88.9 cm³/mol. The number of hydrogen-bond donors (Lipinski definition) is 0. The van der Waals surface area contributed by atoms with Crippen molar-refractivity contribution in [1.29, 1.82) is 0 Å². The monoisotopic (exact) mass is 362 g/mol. The summed E-state index contributed by atoms with van der Waals surface area (Å²) >= 11 is 0. The van der Waals surface area contributed by atoms with Crippen LogP contribution < -0.4 is 4.74 Å². The van der Waals surface area contributed by atoms with Crippen LogP contribution in [0.4, 0.5) is 5.69 Å². The van der Waals surface area contributed by atoms with Gasteiger partial charge in [-0.25, -0.2) is 0 Å². The summed E-state index contributed by atoms with van der Waals surface area (Å²) in [6, 6.07) is 3.49. The topological polar surface area (TPSA) is 108 Å². The third-order valence-electron chi connectivity index (χ3n) is 4.42. The molecular formula is C17H18N2O7. The second-order valence-electron chi connectivity index (χ2n) is 6.03. The van der Waals surface area contributed by atoms with Crippen molar-refractivity contribution in [2.75, 3.05) is 20.8 Å². The second-order valence-corrected chi connectivity index (χ2v) is 6.03. The number of ether oxygens (including phenoxy) is 3. The largest absolute Gasteiger partial charge is 0.490 e. The Morgan fingerprint density at radius 3 is 2.88 bits per heavy atom. The summed E-state index contributed by atoms with van der Waals surface area (Å²) in [4.78, 5) is 36.1. The Bertz CT molecular complexity index is 776. The molecule has 1 amide bonds. The number of non-ortho nitro benzene ring substituents is 1. The molecule has 0 aliphatic carbocycles. The van der Waals surface area contributed by atoms with Crippen molar-refractivity contribution in [2.24, 2.45) is 0 Å². The van der Waals surface area contributed by atoms with Gasteiger partial charge in [0.05, 0.1) is 36.2 Å². The third-order valence-corrected chi connectivity index (χ3v) is 4.42. The maximum atomic E-state index is 12.8. The molecule has 0 bridgehead atoms. The molecule has 1 aromatic carbocycles. The zero-order valence-electron chi connectivity index (χ0n) is 14.3. The van der Waals surface area contributed by atoms with Crippen LogP contribution in [0.15, 0.2) is 30.4 Å². The van der Waals surface area contributed by atoms with Crippen LogP contribution in [0.1, 0.15) is 16.8 Å². The van der Waals surface area contributed by atoms with E-state index in [1.165, 1.54) is 30.2 Å². The Labute approximate surface area is 149 Å². The van der Waals surface area contributed by atoms with Crippen LogP contribution in [0.5, 0.6) is 5.75 Å². The maximum Gasteiger partial charge on any atom is 0.308 e. The van der Waals surface area contributed by atoms with Crippen molar-refractivity contribution < 1.29 is 28.7 Å². The van der Waals surface area contributed by atoms with Crippen molar-refractivity contribution in [3.05, 3.63) is 46.0 Å². The number of fused-ring (bicyclic) bond motifs is 2. The molecule has 0 radical (unpaired) electrons. The lowest BCUT2D eigenvalue weighted by molar-refractivity contribution is -0.384. The summed E-state index contributed by atoms with van der Waals surface area (Å²) in [6.45, 7) is 0.134. The van der Waals surface area contributed by atoms with Crippen molar-refractivity contribution in [3.63, 3.8) is 0 Å². The Balaban J connectivity index is 1.88. The van der Waals surface area contributed by atoms with Crippen LogP contribution in [-0.2, 0) is 14.3 Å². The van der Waals surface area contributed by atoms with Crippen LogP contribution in [-0.4, -0.2) is 60.7 Å². The summed E-state index contributed by atoms with van der Waals surface area (Å²) in [5.74, 6) is -0.543. The van der Waals surface area contributed by atoms with Gasteiger partial charge in [0.15, 0.2) is 0 Å². The molecule has 0 saturated heterocycles. The first-order chi connectivity index (χ1) is 12.4. The molecule has 0 N–H and O–H groups in total. The van der Waals surface area contributed by atoms with E-state index in [2.05, 4.69) is 4.74 Å². The average molecular weight is 362 g/mol. The highest BCUT2D eigenvalue weighted by atomic mass is 16.6. The molecule has 9 heteroatoms. The quantitative estimate of drug-likeness (QED) is 0.345. The minimum Gasteiger partial charge on any atom is -0.490 e. The maximum absolute atomic E-state index is 12.8. The number of methoxy groups -OCH3 is 1. The number of carbonyl (C=O) groups excluding carboxylic acids is 2. The van der Waals surface area contributed by atoms with Gasteiger partial charge in [-0.2, -0.15) is 0 Å². The van der Waals surface area contributed by atoms with E-state index in [0.717, 1.165) is 0 Å². The fraction of sp³-hybridized carbons (Fsp3) is 0.412. The van der Waals surface area contributed by atoms with Gasteiger partial charge in [0, 0.05) is 19.2 Å². The van der Waals surface area contributed by atoms with Crippen LogP contribution in [0.3, 0.4) is 0 Å². The number of rotatable bonds is 3. The second kappa shape index (κ2) is 7.12. The number of carbonyl (C=O) groups is 2. The molecule has 9 nitrogen and oxygen atoms in total. The smallest absolute Gasteiger partial charge is 0.308 e. The summed E-state index contributed by atoms with van der Waals surface area (Å²) < 4.78 is 16.2. The molecule has 2 heterocycles. The Morgan fingerprint density at radius 1 is 1.42 bits per heavy atom. The van der Waals surface area contributed by atoms with Gasteiger partial charge in [0.2, 0.25) is 0 Å². The fourth-order valence-corrected chi connectivity index (χ4v) is 3.01. The Kier molecular flexibility index (Phi) is 4.90. The molecule has 0 aromatic heterocycles. The van der Waals surface area contributed by atoms with Gasteiger partial charge in [0.25, 0.3) is 11.6 Å². The fourth-order valence-electron chi connectivity index (χ4n) is 3.01. The Morgan fingerprint density at radius 2 is 2.19 bits per heavy atom. The van der Waals surface area contributed by atoms with E-state index >= 15 is 0 Å². The molecule has 26 heavy (non-hydrogen) atoms. The minimum atomic E-state index is -0.559. The van der Waals surface area contributed by atoms with Crippen molar-refractivity contribution in [2.45, 2.75) is 24.7 Å². The molecule has 0 fully saturated rings. The van der Waals surface area contributed by atoms with Gasteiger partial charge in [-0.15, -0.1) is 0 Å². The lowest BCUT2D eigenvalue weighted by atomic mass is 10.0. The van der Waals surface area contributed by atoms with Gasteiger partial charge in [0.1, 0.15) is 18.5 Å². The number of benzene rings is 1. The number of nitro benzene ring substituents is 1. The molecule has 0 unspecified atom stereocenters. The molecule has 0 spiro atoms. The number of nitrogens with zero attached hydrogens (tertiary/aromatic N) is 2. The van der Waals surface area contributed by atoms with Gasteiger partial charge < -0.3 is 19.1 Å². The molecule has 2 aliphatic rings. The summed E-state index contributed by atoms with van der Waals surface area (Å²) in [5.41, 5.74) is -0.0509. The number of likely N-dealkylation sites (N-methyl/N-ethyl adjacent to an activating group) is 1. The zero-order chi connectivity index (χ0) is 18.8. The molecule has 0 saturated carbocycles. The normalized spacial score (nSPS) is 24.6. The molecular weight excluding hydrogens is 344 g/mol. The minimum absolute atomic E-state index is 0.0661. The van der Waals surface area contributed by atoms with E-state index < -0.39 is 35.0 Å². The number of hydrogen-bond acceptors (Lipinski definition) is 7. The van der Waals surface area contributed by atoms with Gasteiger partial charge in [-0.1, -0.05) is 12.2 Å². The molecule has 2 aliphatic heterocycles. The highest BCUT2D eigenvalue weighted by Gasteiger charge is 2.37. The molecule has 1 aromatic rings. The van der Waals surface area contributed by atoms with Gasteiger partial charge in [-0.05, 0) is 6.07 Å². The van der Waals surface area contributed by atoms with E-state index in [1.54, 1.807) is 19.2 Å². The lowest BCUT2D eigenvalue weighted by Crippen LogP contribution is -2.51. The Hall–Kier alpha value is -2.94. The van der Waals surface area contributed by atoms with Crippen molar-refractivity contribution >= 4 is 17.6 Å². The lowest BCUT2D eigenvalue weighted by Gasteiger charge is -2.38. The molecule has 3 rings (SSSR count). The van der Waals surface area contributed by atoms with Crippen molar-refractivity contribution in [1.82, 2.24) is 4.90 Å². The summed E-state index contributed by atoms with van der Waals surface area (Å²) in [6.07, 6.45) is 2.61. The van der Waals surface area contributed by atoms with Crippen LogP contribution >= 0.6 is 0 Å². The van der Waals surface area contributed by atoms with Crippen LogP contribution in [0, 0.1) is 10.1 Å².